The first kappa shape index (κ1) is 11.5. The van der Waals surface area contributed by atoms with Crippen LogP contribution in [-0.2, 0) is 4.84 Å². The summed E-state index contributed by atoms with van der Waals surface area (Å²) in [6.45, 7) is 3.95. The van der Waals surface area contributed by atoms with Crippen LogP contribution in [0.1, 0.15) is 20.3 Å². The maximum absolute atomic E-state index is 11.2. The van der Waals surface area contributed by atoms with Crippen molar-refractivity contribution in [2.24, 2.45) is 0 Å². The molecule has 0 aliphatic heterocycles. The Hall–Kier alpha value is -1.55. The minimum Gasteiger partial charge on any atom is -0.353 e. The molecule has 1 amide bonds. The molecule has 82 valence electrons. The molecule has 4 nitrogen and oxygen atoms in total. The van der Waals surface area contributed by atoms with Gasteiger partial charge in [0.25, 0.3) is 0 Å². The number of benzene rings is 1. The predicted octanol–water partition coefficient (Wildman–Crippen LogP) is 2.54. The first-order valence-corrected chi connectivity index (χ1v) is 5.00. The molecule has 0 aromatic heterocycles. The van der Waals surface area contributed by atoms with Crippen LogP contribution < -0.4 is 10.8 Å². The van der Waals surface area contributed by atoms with Gasteiger partial charge in [0.05, 0.1) is 0 Å². The van der Waals surface area contributed by atoms with Crippen LogP contribution in [0, 0.1) is 0 Å². The smallest absolute Gasteiger partial charge is 0.353 e. The summed E-state index contributed by atoms with van der Waals surface area (Å²) in [5.74, 6) is 0. The molecule has 0 radical (unpaired) electrons. The van der Waals surface area contributed by atoms with E-state index in [1.165, 1.54) is 0 Å². The molecule has 1 unspecified atom stereocenters. The zero-order chi connectivity index (χ0) is 11.1. The lowest BCUT2D eigenvalue weighted by atomic mass is 10.3. The van der Waals surface area contributed by atoms with Gasteiger partial charge in [-0.15, -0.1) is 5.48 Å². The fraction of sp³-hybridized carbons (Fsp3) is 0.364. The monoisotopic (exact) mass is 208 g/mol. The SMILES string of the molecule is CCC(C)NOC(=O)Nc1ccccc1. The summed E-state index contributed by atoms with van der Waals surface area (Å²) in [5, 5.41) is 2.60. The number of hydroxylamine groups is 1. The van der Waals surface area contributed by atoms with Gasteiger partial charge in [0.1, 0.15) is 0 Å². The van der Waals surface area contributed by atoms with E-state index in [0.717, 1.165) is 6.42 Å². The molecule has 1 aromatic carbocycles. The third kappa shape index (κ3) is 4.46. The first-order chi connectivity index (χ1) is 7.22. The lowest BCUT2D eigenvalue weighted by Gasteiger charge is -2.11. The third-order valence-electron chi connectivity index (χ3n) is 1.99. The van der Waals surface area contributed by atoms with Gasteiger partial charge in [-0.2, -0.15) is 0 Å². The average molecular weight is 208 g/mol. The highest BCUT2D eigenvalue weighted by Gasteiger charge is 2.04. The van der Waals surface area contributed by atoms with E-state index in [-0.39, 0.29) is 6.04 Å². The minimum absolute atomic E-state index is 0.159. The van der Waals surface area contributed by atoms with Crippen LogP contribution in [0.25, 0.3) is 0 Å². The molecule has 4 heteroatoms. The van der Waals surface area contributed by atoms with Crippen LogP contribution >= 0.6 is 0 Å². The van der Waals surface area contributed by atoms with Gasteiger partial charge >= 0.3 is 6.09 Å². The summed E-state index contributed by atoms with van der Waals surface area (Å²) >= 11 is 0. The number of hydrogen-bond donors (Lipinski definition) is 2. The Labute approximate surface area is 89.6 Å². The number of amides is 1. The molecular formula is C11H16N2O2. The maximum Gasteiger partial charge on any atom is 0.430 e. The Morgan fingerprint density at radius 1 is 1.40 bits per heavy atom. The van der Waals surface area contributed by atoms with E-state index in [4.69, 9.17) is 4.84 Å². The summed E-state index contributed by atoms with van der Waals surface area (Å²) in [5.41, 5.74) is 3.36. The Bertz CT molecular complexity index is 301. The highest BCUT2D eigenvalue weighted by molar-refractivity contribution is 5.84. The number of anilines is 1. The standard InChI is InChI=1S/C11H16N2O2/c1-3-9(2)13-15-11(14)12-10-7-5-4-6-8-10/h4-9,13H,3H2,1-2H3,(H,12,14). The van der Waals surface area contributed by atoms with Crippen LogP contribution in [0.2, 0.25) is 0 Å². The van der Waals surface area contributed by atoms with Crippen molar-refractivity contribution in [2.75, 3.05) is 5.32 Å². The number of para-hydroxylation sites is 1. The van der Waals surface area contributed by atoms with Gasteiger partial charge in [0.15, 0.2) is 0 Å². The summed E-state index contributed by atoms with van der Waals surface area (Å²) in [7, 11) is 0. The van der Waals surface area contributed by atoms with Crippen LogP contribution in [0.3, 0.4) is 0 Å². The second-order valence-electron chi connectivity index (χ2n) is 3.31. The van der Waals surface area contributed by atoms with Crippen molar-refractivity contribution in [2.45, 2.75) is 26.3 Å². The van der Waals surface area contributed by atoms with Crippen molar-refractivity contribution in [3.63, 3.8) is 0 Å². The highest BCUT2D eigenvalue weighted by Crippen LogP contribution is 2.04. The third-order valence-corrected chi connectivity index (χ3v) is 1.99. The van der Waals surface area contributed by atoms with E-state index in [1.54, 1.807) is 12.1 Å². The topological polar surface area (TPSA) is 50.4 Å². The van der Waals surface area contributed by atoms with Gasteiger partial charge < -0.3 is 4.84 Å². The van der Waals surface area contributed by atoms with E-state index >= 15 is 0 Å². The number of carbonyl (C=O) groups is 1. The largest absolute Gasteiger partial charge is 0.430 e. The lowest BCUT2D eigenvalue weighted by molar-refractivity contribution is 0.0830. The molecule has 15 heavy (non-hydrogen) atoms. The van der Waals surface area contributed by atoms with Gasteiger partial charge in [-0.05, 0) is 25.5 Å². The van der Waals surface area contributed by atoms with Gasteiger partial charge in [0, 0.05) is 11.7 Å². The van der Waals surface area contributed by atoms with E-state index in [0.29, 0.717) is 5.69 Å². The Kier molecular flexibility index (Phi) is 4.63. The number of carbonyl (C=O) groups excluding carboxylic acids is 1. The van der Waals surface area contributed by atoms with Gasteiger partial charge in [-0.1, -0.05) is 25.1 Å². The van der Waals surface area contributed by atoms with Crippen molar-refractivity contribution >= 4 is 11.8 Å². The molecule has 1 atom stereocenters. The van der Waals surface area contributed by atoms with Gasteiger partial charge in [-0.3, -0.25) is 5.32 Å². The number of hydrogen-bond acceptors (Lipinski definition) is 3. The first-order valence-electron chi connectivity index (χ1n) is 5.00. The quantitative estimate of drug-likeness (QED) is 0.747. The molecule has 1 aromatic rings. The summed E-state index contributed by atoms with van der Waals surface area (Å²) in [4.78, 5) is 16.0. The molecule has 0 heterocycles. The normalized spacial score (nSPS) is 11.9. The fourth-order valence-electron chi connectivity index (χ4n) is 0.902. The Balaban J connectivity index is 2.31. The van der Waals surface area contributed by atoms with Gasteiger partial charge in [0.2, 0.25) is 0 Å². The molecule has 0 bridgehead atoms. The van der Waals surface area contributed by atoms with Crippen LogP contribution in [0.5, 0.6) is 0 Å². The Morgan fingerprint density at radius 2 is 2.07 bits per heavy atom. The molecule has 0 saturated heterocycles. The summed E-state index contributed by atoms with van der Waals surface area (Å²) < 4.78 is 0. The zero-order valence-electron chi connectivity index (χ0n) is 8.99. The zero-order valence-corrected chi connectivity index (χ0v) is 8.99. The van der Waals surface area contributed by atoms with Crippen molar-refractivity contribution in [3.05, 3.63) is 30.3 Å². The molecule has 0 saturated carbocycles. The van der Waals surface area contributed by atoms with Crippen LogP contribution in [-0.4, -0.2) is 12.1 Å². The van der Waals surface area contributed by atoms with Crippen molar-refractivity contribution < 1.29 is 9.63 Å². The molecule has 0 aliphatic carbocycles. The second-order valence-corrected chi connectivity index (χ2v) is 3.31. The van der Waals surface area contributed by atoms with Crippen LogP contribution in [0.15, 0.2) is 30.3 Å². The average Bonchev–Trinajstić information content (AvgIpc) is 2.27. The molecule has 0 spiro atoms. The lowest BCUT2D eigenvalue weighted by Crippen LogP contribution is -2.30. The van der Waals surface area contributed by atoms with Crippen molar-refractivity contribution in [3.8, 4) is 0 Å². The van der Waals surface area contributed by atoms with E-state index in [2.05, 4.69) is 10.8 Å². The van der Waals surface area contributed by atoms with E-state index in [1.807, 2.05) is 32.0 Å². The molecule has 1 rings (SSSR count). The van der Waals surface area contributed by atoms with Crippen molar-refractivity contribution in [1.82, 2.24) is 5.48 Å². The predicted molar refractivity (Wildman–Crippen MR) is 59.4 cm³/mol. The fourth-order valence-corrected chi connectivity index (χ4v) is 0.902. The summed E-state index contributed by atoms with van der Waals surface area (Å²) in [6, 6.07) is 9.32. The minimum atomic E-state index is -0.499. The Morgan fingerprint density at radius 3 is 2.67 bits per heavy atom. The molecule has 2 N–H and O–H groups in total. The van der Waals surface area contributed by atoms with Crippen molar-refractivity contribution in [1.29, 1.82) is 0 Å². The summed E-state index contributed by atoms with van der Waals surface area (Å²) in [6.07, 6.45) is 0.403. The number of rotatable bonds is 4. The number of nitrogens with one attached hydrogen (secondary N) is 2. The highest BCUT2D eigenvalue weighted by atomic mass is 16.7. The van der Waals surface area contributed by atoms with Gasteiger partial charge in [-0.25, -0.2) is 4.79 Å². The van der Waals surface area contributed by atoms with E-state index in [9.17, 15) is 4.79 Å². The van der Waals surface area contributed by atoms with Crippen LogP contribution in [0.4, 0.5) is 10.5 Å². The molecular weight excluding hydrogens is 192 g/mol. The second kappa shape index (κ2) is 6.03. The molecule has 0 fully saturated rings. The van der Waals surface area contributed by atoms with E-state index < -0.39 is 6.09 Å². The molecule has 0 aliphatic rings. The maximum atomic E-state index is 11.2.